The molecule has 1 aromatic carbocycles. The standard InChI is InChI=1S/C17H22O4/c1-16(2)11-6-7-17(16,3)14(9-11)21-15(20)10-4-5-12(18)13(19)8-10/h4-5,8,11,14,18-19H,6-7,9H2,1-3H3/t11-,14?,17+/m0/s1. The van der Waals surface area contributed by atoms with E-state index in [9.17, 15) is 15.0 Å². The van der Waals surface area contributed by atoms with Gasteiger partial charge in [-0.25, -0.2) is 4.79 Å². The van der Waals surface area contributed by atoms with E-state index in [-0.39, 0.29) is 34.0 Å². The Morgan fingerprint density at radius 1 is 1.24 bits per heavy atom. The lowest BCUT2D eigenvalue weighted by Gasteiger charge is -2.38. The summed E-state index contributed by atoms with van der Waals surface area (Å²) in [6, 6.07) is 4.02. The molecule has 3 atom stereocenters. The molecule has 3 rings (SSSR count). The fraction of sp³-hybridized carbons (Fsp3) is 0.588. The maximum atomic E-state index is 12.3. The third kappa shape index (κ3) is 1.92. The second kappa shape index (κ2) is 4.39. The Balaban J connectivity index is 1.79. The molecule has 0 spiro atoms. The summed E-state index contributed by atoms with van der Waals surface area (Å²) in [5.41, 5.74) is 0.482. The van der Waals surface area contributed by atoms with E-state index in [0.717, 1.165) is 12.8 Å². The first-order chi connectivity index (χ1) is 9.75. The molecule has 0 radical (unpaired) electrons. The number of aromatic hydroxyl groups is 2. The summed E-state index contributed by atoms with van der Waals surface area (Å²) >= 11 is 0. The smallest absolute Gasteiger partial charge is 0.338 e. The average molecular weight is 290 g/mol. The molecule has 1 unspecified atom stereocenters. The second-order valence-corrected chi connectivity index (χ2v) is 7.21. The van der Waals surface area contributed by atoms with E-state index in [2.05, 4.69) is 20.8 Å². The highest BCUT2D eigenvalue weighted by atomic mass is 16.5. The molecule has 2 aliphatic carbocycles. The molecule has 0 aliphatic heterocycles. The van der Waals surface area contributed by atoms with Crippen LogP contribution in [0.15, 0.2) is 18.2 Å². The van der Waals surface area contributed by atoms with Crippen LogP contribution in [-0.4, -0.2) is 22.3 Å². The van der Waals surface area contributed by atoms with Gasteiger partial charge in [0.1, 0.15) is 6.10 Å². The number of rotatable bonds is 2. The lowest BCUT2D eigenvalue weighted by molar-refractivity contribution is -0.0242. The van der Waals surface area contributed by atoms with Crippen molar-refractivity contribution < 1.29 is 19.7 Å². The molecule has 4 nitrogen and oxygen atoms in total. The van der Waals surface area contributed by atoms with Crippen molar-refractivity contribution in [3.63, 3.8) is 0 Å². The zero-order valence-electron chi connectivity index (χ0n) is 12.7. The van der Waals surface area contributed by atoms with Crippen molar-refractivity contribution in [2.75, 3.05) is 0 Å². The maximum absolute atomic E-state index is 12.3. The third-order valence-electron chi connectivity index (χ3n) is 6.17. The summed E-state index contributed by atoms with van der Waals surface area (Å²) in [6.07, 6.45) is 3.13. The van der Waals surface area contributed by atoms with Gasteiger partial charge in [0.25, 0.3) is 0 Å². The van der Waals surface area contributed by atoms with E-state index in [0.29, 0.717) is 5.92 Å². The highest BCUT2D eigenvalue weighted by molar-refractivity contribution is 5.90. The largest absolute Gasteiger partial charge is 0.504 e. The van der Waals surface area contributed by atoms with Crippen LogP contribution >= 0.6 is 0 Å². The molecule has 0 heterocycles. The number of carbonyl (C=O) groups is 1. The molecule has 2 N–H and O–H groups in total. The van der Waals surface area contributed by atoms with Gasteiger partial charge in [0, 0.05) is 5.41 Å². The molecule has 0 saturated heterocycles. The van der Waals surface area contributed by atoms with Gasteiger partial charge >= 0.3 is 5.97 Å². The molecule has 114 valence electrons. The van der Waals surface area contributed by atoms with Crippen LogP contribution in [0.25, 0.3) is 0 Å². The zero-order valence-corrected chi connectivity index (χ0v) is 12.7. The summed E-state index contributed by atoms with van der Waals surface area (Å²) in [6.45, 7) is 6.75. The Bertz CT molecular complexity index is 592. The van der Waals surface area contributed by atoms with Gasteiger partial charge in [0.05, 0.1) is 5.56 Å². The summed E-state index contributed by atoms with van der Waals surface area (Å²) in [4.78, 5) is 12.3. The van der Waals surface area contributed by atoms with E-state index in [4.69, 9.17) is 4.74 Å². The normalized spacial score (nSPS) is 33.1. The minimum Gasteiger partial charge on any atom is -0.504 e. The molecule has 0 amide bonds. The molecule has 1 aromatic rings. The maximum Gasteiger partial charge on any atom is 0.338 e. The van der Waals surface area contributed by atoms with Crippen LogP contribution in [0.4, 0.5) is 0 Å². The Labute approximate surface area is 124 Å². The summed E-state index contributed by atoms with van der Waals surface area (Å²) in [5.74, 6) is -0.364. The van der Waals surface area contributed by atoms with Gasteiger partial charge in [0.15, 0.2) is 11.5 Å². The van der Waals surface area contributed by atoms with E-state index in [1.807, 2.05) is 0 Å². The van der Waals surface area contributed by atoms with Crippen LogP contribution in [0.2, 0.25) is 0 Å². The fourth-order valence-electron chi connectivity index (χ4n) is 4.16. The highest BCUT2D eigenvalue weighted by Crippen LogP contribution is 2.66. The van der Waals surface area contributed by atoms with Crippen LogP contribution in [0, 0.1) is 16.7 Å². The van der Waals surface area contributed by atoms with Gasteiger partial charge in [-0.1, -0.05) is 20.8 Å². The Kier molecular flexibility index (Phi) is 2.98. The minimum absolute atomic E-state index is 0.0201. The van der Waals surface area contributed by atoms with E-state index >= 15 is 0 Å². The summed E-state index contributed by atoms with van der Waals surface area (Å²) in [5, 5.41) is 18.8. The predicted molar refractivity (Wildman–Crippen MR) is 78.2 cm³/mol. The topological polar surface area (TPSA) is 66.8 Å². The Morgan fingerprint density at radius 2 is 1.95 bits per heavy atom. The molecular weight excluding hydrogens is 268 g/mol. The summed E-state index contributed by atoms with van der Waals surface area (Å²) in [7, 11) is 0. The van der Waals surface area contributed by atoms with Gasteiger partial charge in [-0.05, 0) is 48.8 Å². The van der Waals surface area contributed by atoms with Gasteiger partial charge < -0.3 is 14.9 Å². The van der Waals surface area contributed by atoms with Crippen molar-refractivity contribution in [3.8, 4) is 11.5 Å². The quantitative estimate of drug-likeness (QED) is 0.646. The van der Waals surface area contributed by atoms with Crippen molar-refractivity contribution in [1.82, 2.24) is 0 Å². The van der Waals surface area contributed by atoms with Crippen molar-refractivity contribution >= 4 is 5.97 Å². The number of hydrogen-bond donors (Lipinski definition) is 2. The van der Waals surface area contributed by atoms with Crippen LogP contribution in [0.1, 0.15) is 50.4 Å². The minimum atomic E-state index is -0.431. The van der Waals surface area contributed by atoms with Gasteiger partial charge in [-0.2, -0.15) is 0 Å². The first-order valence-electron chi connectivity index (χ1n) is 7.48. The van der Waals surface area contributed by atoms with Crippen molar-refractivity contribution in [3.05, 3.63) is 23.8 Å². The molecule has 2 aliphatic rings. The van der Waals surface area contributed by atoms with Gasteiger partial charge in [-0.3, -0.25) is 0 Å². The van der Waals surface area contributed by atoms with Crippen LogP contribution in [-0.2, 0) is 4.74 Å². The molecule has 4 heteroatoms. The summed E-state index contributed by atoms with van der Waals surface area (Å²) < 4.78 is 5.73. The van der Waals surface area contributed by atoms with Gasteiger partial charge in [0.2, 0.25) is 0 Å². The highest BCUT2D eigenvalue weighted by Gasteiger charge is 2.62. The first-order valence-corrected chi connectivity index (χ1v) is 7.48. The number of fused-ring (bicyclic) bond motifs is 2. The third-order valence-corrected chi connectivity index (χ3v) is 6.17. The second-order valence-electron chi connectivity index (χ2n) is 7.21. The van der Waals surface area contributed by atoms with Crippen molar-refractivity contribution in [2.24, 2.45) is 16.7 Å². The lowest BCUT2D eigenvalue weighted by atomic mass is 9.70. The molecule has 21 heavy (non-hydrogen) atoms. The number of phenolic OH excluding ortho intramolecular Hbond substituents is 2. The number of benzene rings is 1. The van der Waals surface area contributed by atoms with Crippen molar-refractivity contribution in [2.45, 2.75) is 46.1 Å². The predicted octanol–water partition coefficient (Wildman–Crippen LogP) is 3.47. The molecular formula is C17H22O4. The molecule has 2 fully saturated rings. The number of hydrogen-bond acceptors (Lipinski definition) is 4. The Hall–Kier alpha value is -1.71. The van der Waals surface area contributed by atoms with Gasteiger partial charge in [-0.15, -0.1) is 0 Å². The van der Waals surface area contributed by atoms with E-state index < -0.39 is 5.97 Å². The fourth-order valence-corrected chi connectivity index (χ4v) is 4.16. The van der Waals surface area contributed by atoms with Crippen LogP contribution in [0.5, 0.6) is 11.5 Å². The van der Waals surface area contributed by atoms with Crippen LogP contribution in [0.3, 0.4) is 0 Å². The van der Waals surface area contributed by atoms with Crippen molar-refractivity contribution in [1.29, 1.82) is 0 Å². The molecule has 2 saturated carbocycles. The lowest BCUT2D eigenvalue weighted by Crippen LogP contribution is -2.38. The number of phenols is 2. The number of ether oxygens (including phenoxy) is 1. The molecule has 0 aromatic heterocycles. The SMILES string of the molecule is CC1(C)[C@H]2CC[C@]1(C)C(OC(=O)c1ccc(O)c(O)c1)C2. The molecule has 2 bridgehead atoms. The number of carbonyl (C=O) groups excluding carboxylic acids is 1. The van der Waals surface area contributed by atoms with Crippen LogP contribution < -0.4 is 0 Å². The van der Waals surface area contributed by atoms with E-state index in [1.165, 1.54) is 24.6 Å². The Morgan fingerprint density at radius 3 is 2.48 bits per heavy atom. The average Bonchev–Trinajstić information content (AvgIpc) is 2.75. The first kappa shape index (κ1) is 14.2. The zero-order chi connectivity index (χ0) is 15.4. The monoisotopic (exact) mass is 290 g/mol. The number of esters is 1. The van der Waals surface area contributed by atoms with E-state index in [1.54, 1.807) is 0 Å².